The second-order valence-electron chi connectivity index (χ2n) is 5.56. The molecule has 0 amide bonds. The molecule has 2 unspecified atom stereocenters. The van der Waals surface area contributed by atoms with Gasteiger partial charge in [-0.1, -0.05) is 20.3 Å². The quantitative estimate of drug-likeness (QED) is 0.685. The van der Waals surface area contributed by atoms with Crippen LogP contribution in [-0.2, 0) is 9.53 Å². The van der Waals surface area contributed by atoms with Crippen LogP contribution in [0.25, 0.3) is 0 Å². The average Bonchev–Trinajstić information content (AvgIpc) is 2.40. The predicted molar refractivity (Wildman–Crippen MR) is 78.2 cm³/mol. The van der Waals surface area contributed by atoms with Crippen LogP contribution in [-0.4, -0.2) is 49.7 Å². The van der Waals surface area contributed by atoms with Gasteiger partial charge in [0.1, 0.15) is 0 Å². The van der Waals surface area contributed by atoms with Gasteiger partial charge in [-0.3, -0.25) is 4.79 Å². The highest BCUT2D eigenvalue weighted by atomic mass is 16.5. The lowest BCUT2D eigenvalue weighted by Crippen LogP contribution is -2.45. The zero-order chi connectivity index (χ0) is 14.1. The second kappa shape index (κ2) is 9.32. The number of carbonyl (C=O) groups is 1. The topological polar surface area (TPSA) is 41.6 Å². The first-order valence-electron chi connectivity index (χ1n) is 7.79. The summed E-state index contributed by atoms with van der Waals surface area (Å²) in [4.78, 5) is 14.1. The summed E-state index contributed by atoms with van der Waals surface area (Å²) in [5.41, 5.74) is 0. The molecule has 0 aromatic rings. The Labute approximate surface area is 117 Å². The van der Waals surface area contributed by atoms with E-state index in [1.165, 1.54) is 19.3 Å². The van der Waals surface area contributed by atoms with E-state index in [0.29, 0.717) is 12.6 Å². The van der Waals surface area contributed by atoms with Crippen molar-refractivity contribution in [2.45, 2.75) is 52.5 Å². The molecule has 2 atom stereocenters. The maximum absolute atomic E-state index is 11.7. The molecule has 1 saturated heterocycles. The van der Waals surface area contributed by atoms with Crippen LogP contribution in [0.15, 0.2) is 0 Å². The molecule has 4 nitrogen and oxygen atoms in total. The van der Waals surface area contributed by atoms with Crippen molar-refractivity contribution in [1.29, 1.82) is 0 Å². The first-order valence-corrected chi connectivity index (χ1v) is 7.79. The van der Waals surface area contributed by atoms with Gasteiger partial charge in [0.05, 0.1) is 12.5 Å². The molecule has 1 aliphatic rings. The summed E-state index contributed by atoms with van der Waals surface area (Å²) in [6.07, 6.45) is 5.00. The van der Waals surface area contributed by atoms with Crippen LogP contribution in [0.3, 0.4) is 0 Å². The van der Waals surface area contributed by atoms with Gasteiger partial charge in [0, 0.05) is 19.1 Å². The summed E-state index contributed by atoms with van der Waals surface area (Å²) in [7, 11) is 0. The van der Waals surface area contributed by atoms with Crippen LogP contribution >= 0.6 is 0 Å². The molecule has 1 fully saturated rings. The van der Waals surface area contributed by atoms with Crippen LogP contribution in [0.2, 0.25) is 0 Å². The summed E-state index contributed by atoms with van der Waals surface area (Å²) < 4.78 is 5.09. The van der Waals surface area contributed by atoms with Crippen molar-refractivity contribution in [3.05, 3.63) is 0 Å². The molecule has 112 valence electrons. The Bertz CT molecular complexity index is 253. The summed E-state index contributed by atoms with van der Waals surface area (Å²) in [6.45, 7) is 10.6. The number of carbonyl (C=O) groups excluding carboxylic acids is 1. The van der Waals surface area contributed by atoms with Gasteiger partial charge in [0.15, 0.2) is 0 Å². The molecule has 0 aliphatic carbocycles. The van der Waals surface area contributed by atoms with Crippen molar-refractivity contribution in [2.75, 3.05) is 32.8 Å². The third kappa shape index (κ3) is 6.39. The molecule has 0 radical (unpaired) electrons. The molecule has 0 spiro atoms. The van der Waals surface area contributed by atoms with Gasteiger partial charge in [-0.2, -0.15) is 0 Å². The van der Waals surface area contributed by atoms with Crippen molar-refractivity contribution in [2.24, 2.45) is 5.92 Å². The molecule has 4 heteroatoms. The standard InChI is InChI=1S/C15H30N2O2/c1-4-10-17(11-13(3)15(18)19-5-2)12-14-8-6-7-9-16-14/h13-14,16H,4-12H2,1-3H3. The van der Waals surface area contributed by atoms with Crippen molar-refractivity contribution in [3.8, 4) is 0 Å². The van der Waals surface area contributed by atoms with Crippen LogP contribution < -0.4 is 5.32 Å². The monoisotopic (exact) mass is 270 g/mol. The zero-order valence-electron chi connectivity index (χ0n) is 12.8. The number of ether oxygens (including phenoxy) is 1. The van der Waals surface area contributed by atoms with Gasteiger partial charge >= 0.3 is 5.97 Å². The highest BCUT2D eigenvalue weighted by Crippen LogP contribution is 2.11. The summed E-state index contributed by atoms with van der Waals surface area (Å²) in [5, 5.41) is 3.58. The molecule has 1 aliphatic heterocycles. The molecule has 1 N–H and O–H groups in total. The van der Waals surface area contributed by atoms with Crippen molar-refractivity contribution < 1.29 is 9.53 Å². The minimum absolute atomic E-state index is 0.0323. The van der Waals surface area contributed by atoms with Crippen LogP contribution in [0.4, 0.5) is 0 Å². The third-order valence-electron chi connectivity index (χ3n) is 3.65. The number of hydrogen-bond acceptors (Lipinski definition) is 4. The summed E-state index contributed by atoms with van der Waals surface area (Å²) in [5.74, 6) is -0.102. The molecule has 0 aromatic carbocycles. The fourth-order valence-corrected chi connectivity index (χ4v) is 2.71. The summed E-state index contributed by atoms with van der Waals surface area (Å²) >= 11 is 0. The largest absolute Gasteiger partial charge is 0.466 e. The minimum Gasteiger partial charge on any atom is -0.466 e. The molecule has 0 bridgehead atoms. The lowest BCUT2D eigenvalue weighted by Gasteiger charge is -2.31. The van der Waals surface area contributed by atoms with Crippen molar-refractivity contribution in [3.63, 3.8) is 0 Å². The van der Waals surface area contributed by atoms with Gasteiger partial charge in [0.2, 0.25) is 0 Å². The Morgan fingerprint density at radius 1 is 1.42 bits per heavy atom. The van der Waals surface area contributed by atoms with Gasteiger partial charge < -0.3 is 15.0 Å². The zero-order valence-corrected chi connectivity index (χ0v) is 12.8. The Morgan fingerprint density at radius 3 is 2.79 bits per heavy atom. The van der Waals surface area contributed by atoms with Crippen molar-refractivity contribution >= 4 is 5.97 Å². The highest BCUT2D eigenvalue weighted by molar-refractivity contribution is 5.72. The average molecular weight is 270 g/mol. The molecule has 0 saturated carbocycles. The van der Waals surface area contributed by atoms with Crippen molar-refractivity contribution in [1.82, 2.24) is 10.2 Å². The van der Waals surface area contributed by atoms with Gasteiger partial charge in [-0.25, -0.2) is 0 Å². The number of nitrogens with zero attached hydrogens (tertiary/aromatic N) is 1. The van der Waals surface area contributed by atoms with Crippen LogP contribution in [0.1, 0.15) is 46.5 Å². The lowest BCUT2D eigenvalue weighted by molar-refractivity contribution is -0.148. The van der Waals surface area contributed by atoms with E-state index < -0.39 is 0 Å². The number of rotatable bonds is 8. The molecule has 0 aromatic heterocycles. The molecule has 1 heterocycles. The van der Waals surface area contributed by atoms with Gasteiger partial charge in [-0.15, -0.1) is 0 Å². The minimum atomic E-state index is -0.0693. The second-order valence-corrected chi connectivity index (χ2v) is 5.56. The molecular formula is C15H30N2O2. The van der Waals surface area contributed by atoms with E-state index in [-0.39, 0.29) is 11.9 Å². The smallest absolute Gasteiger partial charge is 0.309 e. The van der Waals surface area contributed by atoms with E-state index in [9.17, 15) is 4.79 Å². The molecule has 19 heavy (non-hydrogen) atoms. The van der Waals surface area contributed by atoms with E-state index in [1.54, 1.807) is 0 Å². The van der Waals surface area contributed by atoms with E-state index >= 15 is 0 Å². The third-order valence-corrected chi connectivity index (χ3v) is 3.65. The van der Waals surface area contributed by atoms with E-state index in [1.807, 2.05) is 13.8 Å². The SMILES string of the molecule is CCCN(CC1CCCCN1)CC(C)C(=O)OCC. The van der Waals surface area contributed by atoms with E-state index in [2.05, 4.69) is 17.1 Å². The highest BCUT2D eigenvalue weighted by Gasteiger charge is 2.21. The maximum atomic E-state index is 11.7. The lowest BCUT2D eigenvalue weighted by atomic mass is 10.0. The number of hydrogen-bond donors (Lipinski definition) is 1. The van der Waals surface area contributed by atoms with Crippen LogP contribution in [0.5, 0.6) is 0 Å². The van der Waals surface area contributed by atoms with Gasteiger partial charge in [-0.05, 0) is 39.3 Å². The number of piperidine rings is 1. The first-order chi connectivity index (χ1) is 9.17. The normalized spacial score (nSPS) is 21.4. The summed E-state index contributed by atoms with van der Waals surface area (Å²) in [6, 6.07) is 0.592. The number of nitrogens with one attached hydrogen (secondary N) is 1. The fraction of sp³-hybridized carbons (Fsp3) is 0.933. The first kappa shape index (κ1) is 16.4. The fourth-order valence-electron chi connectivity index (χ4n) is 2.71. The Hall–Kier alpha value is -0.610. The van der Waals surface area contributed by atoms with E-state index in [0.717, 1.165) is 32.6 Å². The Morgan fingerprint density at radius 2 is 2.21 bits per heavy atom. The molecule has 1 rings (SSSR count). The predicted octanol–water partition coefficient (Wildman–Crippen LogP) is 2.04. The maximum Gasteiger partial charge on any atom is 0.309 e. The van der Waals surface area contributed by atoms with E-state index in [4.69, 9.17) is 4.74 Å². The Balaban J connectivity index is 2.39. The van der Waals surface area contributed by atoms with Crippen LogP contribution in [0, 0.1) is 5.92 Å². The Kier molecular flexibility index (Phi) is 8.07. The molecular weight excluding hydrogens is 240 g/mol. The van der Waals surface area contributed by atoms with Gasteiger partial charge in [0.25, 0.3) is 0 Å². The number of esters is 1.